The summed E-state index contributed by atoms with van der Waals surface area (Å²) >= 11 is 6.09. The van der Waals surface area contributed by atoms with Gasteiger partial charge in [-0.25, -0.2) is 0 Å². The molecule has 1 aliphatic rings. The van der Waals surface area contributed by atoms with Crippen molar-refractivity contribution in [3.05, 3.63) is 82.9 Å². The van der Waals surface area contributed by atoms with Gasteiger partial charge < -0.3 is 26.6 Å². The van der Waals surface area contributed by atoms with Crippen molar-refractivity contribution in [2.45, 2.75) is 44.2 Å². The monoisotopic (exact) mass is 562 g/mol. The van der Waals surface area contributed by atoms with E-state index in [1.54, 1.807) is 7.05 Å². The van der Waals surface area contributed by atoms with Gasteiger partial charge in [0.1, 0.15) is 0 Å². The van der Waals surface area contributed by atoms with Gasteiger partial charge in [0.2, 0.25) is 5.91 Å². The Balaban J connectivity index is 1.44. The molecule has 0 bridgehead atoms. The van der Waals surface area contributed by atoms with Gasteiger partial charge in [-0.05, 0) is 59.9 Å². The molecule has 0 aliphatic carbocycles. The van der Waals surface area contributed by atoms with Crippen LogP contribution in [0.4, 0.5) is 0 Å². The van der Waals surface area contributed by atoms with Crippen molar-refractivity contribution < 1.29 is 9.59 Å². The molecule has 0 aromatic heterocycles. The van der Waals surface area contributed by atoms with Crippen LogP contribution in [0.1, 0.15) is 48.0 Å². The average Bonchev–Trinajstić information content (AvgIpc) is 3.12. The lowest BCUT2D eigenvalue weighted by atomic mass is 9.95. The number of nitrogens with two attached hydrogens (primary N) is 1. The van der Waals surface area contributed by atoms with Crippen molar-refractivity contribution in [2.24, 2.45) is 10.7 Å². The van der Waals surface area contributed by atoms with Crippen molar-refractivity contribution in [1.82, 2.24) is 20.9 Å². The molecule has 0 saturated carbocycles. The minimum absolute atomic E-state index is 0.0591. The lowest BCUT2D eigenvalue weighted by molar-refractivity contribution is -0.133. The number of amides is 2. The van der Waals surface area contributed by atoms with Crippen LogP contribution in [-0.4, -0.2) is 68.0 Å². The second kappa shape index (κ2) is 14.1. The van der Waals surface area contributed by atoms with E-state index < -0.39 is 6.04 Å². The molecule has 2 amide bonds. The largest absolute Gasteiger partial charge is 0.370 e. The van der Waals surface area contributed by atoms with Crippen LogP contribution in [0.3, 0.4) is 0 Å². The Hall–Kier alpha value is -3.62. The number of fused-ring (bicyclic) bond motifs is 1. The molecule has 3 unspecified atom stereocenters. The molecule has 5 N–H and O–H groups in total. The van der Waals surface area contributed by atoms with E-state index in [0.717, 1.165) is 23.6 Å². The summed E-state index contributed by atoms with van der Waals surface area (Å²) in [5.41, 5.74) is 7.63. The molecule has 1 heterocycles. The molecule has 1 fully saturated rings. The van der Waals surface area contributed by atoms with Crippen LogP contribution in [0.15, 0.2) is 71.7 Å². The molecule has 4 rings (SSSR count). The zero-order valence-corrected chi connectivity index (χ0v) is 24.0. The van der Waals surface area contributed by atoms with Crippen molar-refractivity contribution in [3.63, 3.8) is 0 Å². The molecular formula is C31H39ClN6O2. The van der Waals surface area contributed by atoms with Crippen LogP contribution in [0.5, 0.6) is 0 Å². The number of guanidine groups is 1. The van der Waals surface area contributed by atoms with Gasteiger partial charge in [0.15, 0.2) is 5.96 Å². The minimum atomic E-state index is -0.403. The number of nitrogens with zero attached hydrogens (tertiary/aromatic N) is 2. The first-order chi connectivity index (χ1) is 19.4. The van der Waals surface area contributed by atoms with Gasteiger partial charge in [-0.3, -0.25) is 14.6 Å². The Bertz CT molecular complexity index is 1330. The van der Waals surface area contributed by atoms with Gasteiger partial charge in [0.25, 0.3) is 5.91 Å². The van der Waals surface area contributed by atoms with Gasteiger partial charge in [-0.2, -0.15) is 0 Å². The number of aliphatic imine (C=N–C) groups is 1. The Morgan fingerprint density at radius 3 is 2.62 bits per heavy atom. The third kappa shape index (κ3) is 7.73. The van der Waals surface area contributed by atoms with E-state index in [1.807, 2.05) is 59.5 Å². The highest BCUT2D eigenvalue weighted by atomic mass is 35.5. The molecule has 40 heavy (non-hydrogen) atoms. The maximum Gasteiger partial charge on any atom is 0.251 e. The molecule has 1 aliphatic heterocycles. The summed E-state index contributed by atoms with van der Waals surface area (Å²) in [4.78, 5) is 32.7. The fourth-order valence-corrected chi connectivity index (χ4v) is 5.37. The quantitative estimate of drug-likeness (QED) is 0.221. The summed E-state index contributed by atoms with van der Waals surface area (Å²) in [7, 11) is 1.62. The highest BCUT2D eigenvalue weighted by Crippen LogP contribution is 2.23. The maximum absolute atomic E-state index is 13.7. The average molecular weight is 563 g/mol. The molecule has 9 heteroatoms. The number of halogens is 1. The first-order valence-electron chi connectivity index (χ1n) is 13.9. The van der Waals surface area contributed by atoms with Crippen LogP contribution in [-0.2, 0) is 4.79 Å². The van der Waals surface area contributed by atoms with E-state index in [1.165, 1.54) is 5.56 Å². The van der Waals surface area contributed by atoms with E-state index >= 15 is 0 Å². The van der Waals surface area contributed by atoms with Gasteiger partial charge >= 0.3 is 0 Å². The van der Waals surface area contributed by atoms with E-state index in [0.29, 0.717) is 49.1 Å². The minimum Gasteiger partial charge on any atom is -0.370 e. The Kier molecular flexibility index (Phi) is 10.4. The highest BCUT2D eigenvalue weighted by molar-refractivity contribution is 6.31. The normalized spacial score (nSPS) is 18.8. The van der Waals surface area contributed by atoms with Gasteiger partial charge in [-0.15, -0.1) is 0 Å². The van der Waals surface area contributed by atoms with Gasteiger partial charge in [0.05, 0.1) is 6.04 Å². The van der Waals surface area contributed by atoms with Gasteiger partial charge in [-0.1, -0.05) is 61.0 Å². The third-order valence-electron chi connectivity index (χ3n) is 7.55. The van der Waals surface area contributed by atoms with E-state index in [9.17, 15) is 9.59 Å². The zero-order valence-electron chi connectivity index (χ0n) is 23.2. The van der Waals surface area contributed by atoms with Crippen LogP contribution < -0.4 is 21.7 Å². The molecular weight excluding hydrogens is 524 g/mol. The third-order valence-corrected chi connectivity index (χ3v) is 7.79. The van der Waals surface area contributed by atoms with Crippen LogP contribution in [0, 0.1) is 0 Å². The summed E-state index contributed by atoms with van der Waals surface area (Å²) in [6.07, 6.45) is 2.22. The molecule has 1 saturated heterocycles. The topological polar surface area (TPSA) is 112 Å². The smallest absolute Gasteiger partial charge is 0.251 e. The number of rotatable bonds is 10. The molecule has 3 atom stereocenters. The summed E-state index contributed by atoms with van der Waals surface area (Å²) in [6, 6.07) is 21.1. The fraction of sp³-hybridized carbons (Fsp3) is 0.387. The van der Waals surface area contributed by atoms with Crippen molar-refractivity contribution in [2.75, 3.05) is 33.2 Å². The lowest BCUT2D eigenvalue weighted by Crippen LogP contribution is -2.50. The summed E-state index contributed by atoms with van der Waals surface area (Å²) < 4.78 is 0. The summed E-state index contributed by atoms with van der Waals surface area (Å²) in [5, 5.41) is 12.3. The Labute approximate surface area is 241 Å². The van der Waals surface area contributed by atoms with Gasteiger partial charge in [0, 0.05) is 55.8 Å². The molecule has 0 spiro atoms. The number of nitrogens with one attached hydrogen (secondary N) is 3. The summed E-state index contributed by atoms with van der Waals surface area (Å²) in [6.45, 7) is 4.36. The molecule has 8 nitrogen and oxygen atoms in total. The van der Waals surface area contributed by atoms with E-state index in [2.05, 4.69) is 40.0 Å². The van der Waals surface area contributed by atoms with Crippen molar-refractivity contribution in [3.8, 4) is 0 Å². The number of carbonyl (C=O) groups excluding carboxylic acids is 2. The molecule has 3 aromatic rings. The molecule has 3 aromatic carbocycles. The van der Waals surface area contributed by atoms with E-state index in [4.69, 9.17) is 17.3 Å². The first kappa shape index (κ1) is 29.4. The second-order valence-corrected chi connectivity index (χ2v) is 10.7. The van der Waals surface area contributed by atoms with Crippen molar-refractivity contribution in [1.29, 1.82) is 0 Å². The fourth-order valence-electron chi connectivity index (χ4n) is 5.19. The van der Waals surface area contributed by atoms with Crippen LogP contribution >= 0.6 is 11.6 Å². The van der Waals surface area contributed by atoms with Crippen LogP contribution in [0.25, 0.3) is 10.8 Å². The highest BCUT2D eigenvalue weighted by Gasteiger charge is 2.32. The predicted molar refractivity (Wildman–Crippen MR) is 163 cm³/mol. The Morgan fingerprint density at radius 1 is 1.12 bits per heavy atom. The zero-order chi connectivity index (χ0) is 28.5. The SMILES string of the molecule is CCC(CN1CCC(CNC(=O)c2ccc3cc(Cl)ccc3c2)NC(CCNC(N)=NC)C1=O)c1ccccc1. The second-order valence-electron chi connectivity index (χ2n) is 10.2. The first-order valence-corrected chi connectivity index (χ1v) is 14.3. The summed E-state index contributed by atoms with van der Waals surface area (Å²) in [5.74, 6) is 0.525. The number of hydrogen-bond donors (Lipinski definition) is 4. The molecule has 0 radical (unpaired) electrons. The standard InChI is InChI=1S/C31H39ClN6O2/c1-3-21(22-7-5-4-6-8-22)20-38-16-14-27(37-28(30(38)40)13-15-35-31(33)34-2)19-36-29(39)25-10-9-24-18-26(32)12-11-23(24)17-25/h4-12,17-18,21,27-28,37H,3,13-16,19-20H2,1-2H3,(H,36,39)(H3,33,34,35). The van der Waals surface area contributed by atoms with Crippen molar-refractivity contribution >= 4 is 40.1 Å². The Morgan fingerprint density at radius 2 is 1.88 bits per heavy atom. The van der Waals surface area contributed by atoms with Crippen LogP contribution in [0.2, 0.25) is 5.02 Å². The predicted octanol–water partition coefficient (Wildman–Crippen LogP) is 3.90. The molecule has 212 valence electrons. The van der Waals surface area contributed by atoms with E-state index in [-0.39, 0.29) is 23.8 Å². The number of carbonyl (C=O) groups is 2. The number of benzene rings is 3. The lowest BCUT2D eigenvalue weighted by Gasteiger charge is -2.28. The maximum atomic E-state index is 13.7. The number of hydrogen-bond acceptors (Lipinski definition) is 4.